The molecule has 0 radical (unpaired) electrons. The molecule has 23 heteroatoms. The van der Waals surface area contributed by atoms with Crippen molar-refractivity contribution in [3.8, 4) is 17.2 Å². The highest BCUT2D eigenvalue weighted by atomic mass is 19.4. The van der Waals surface area contributed by atoms with Gasteiger partial charge in [0.05, 0.1) is 60.1 Å². The van der Waals surface area contributed by atoms with Crippen molar-refractivity contribution in [2.24, 2.45) is 0 Å². The Morgan fingerprint density at radius 3 is 1.13 bits per heavy atom. The largest absolute Gasteiger partial charge is 0.864 e. The van der Waals surface area contributed by atoms with Crippen molar-refractivity contribution >= 4 is 7.32 Å². The van der Waals surface area contributed by atoms with E-state index in [2.05, 4.69) is 0 Å². The second-order valence-electron chi connectivity index (χ2n) is 14.6. The van der Waals surface area contributed by atoms with E-state index in [0.29, 0.717) is 12.8 Å². The molecule has 0 aliphatic carbocycles. The van der Waals surface area contributed by atoms with Gasteiger partial charge in [-0.1, -0.05) is 45.4 Å². The van der Waals surface area contributed by atoms with Crippen LogP contribution in [-0.4, -0.2) is 32.9 Å². The fourth-order valence-electron chi connectivity index (χ4n) is 6.07. The zero-order chi connectivity index (χ0) is 45.9. The summed E-state index contributed by atoms with van der Waals surface area (Å²) in [5.74, 6) is -4.64. The molecular formula is C37H37BF18NO3+. The van der Waals surface area contributed by atoms with E-state index in [9.17, 15) is 79.0 Å². The van der Waals surface area contributed by atoms with Gasteiger partial charge < -0.3 is 18.4 Å². The number of nitrogens with zero attached hydrogens (tertiary/aromatic N) is 1. The minimum absolute atomic E-state index is 0.0434. The van der Waals surface area contributed by atoms with E-state index in [0.717, 1.165) is 25.7 Å². The predicted octanol–water partition coefficient (Wildman–Crippen LogP) is 14.2. The highest BCUT2D eigenvalue weighted by molar-refractivity contribution is 6.39. The van der Waals surface area contributed by atoms with E-state index in [1.807, 2.05) is 6.92 Å². The van der Waals surface area contributed by atoms with Gasteiger partial charge in [-0.25, -0.2) is 0 Å². The number of quaternary nitrogens is 1. The highest BCUT2D eigenvalue weighted by Gasteiger charge is 2.47. The van der Waals surface area contributed by atoms with Crippen LogP contribution in [0.3, 0.4) is 0 Å². The summed E-state index contributed by atoms with van der Waals surface area (Å²) < 4.78 is 267. The zero-order valence-electron chi connectivity index (χ0n) is 31.9. The van der Waals surface area contributed by atoms with Gasteiger partial charge in [-0.2, -0.15) is 79.0 Å². The molecule has 4 nitrogen and oxygen atoms in total. The molecule has 0 fully saturated rings. The lowest BCUT2D eigenvalue weighted by Gasteiger charge is -2.37. The maximum Gasteiger partial charge on any atom is 0.864 e. The topological polar surface area (TPSA) is 27.7 Å². The Hall–Kier alpha value is -4.18. The van der Waals surface area contributed by atoms with Crippen LogP contribution < -0.4 is 14.0 Å². The van der Waals surface area contributed by atoms with Crippen LogP contribution in [0.15, 0.2) is 48.5 Å². The quantitative estimate of drug-likeness (QED) is 0.0621. The van der Waals surface area contributed by atoms with E-state index in [4.69, 9.17) is 14.0 Å². The van der Waals surface area contributed by atoms with E-state index >= 15 is 0 Å². The normalized spacial score (nSPS) is 14.0. The van der Waals surface area contributed by atoms with Crippen molar-refractivity contribution in [1.82, 2.24) is 0 Å². The number of alkyl halides is 18. The third kappa shape index (κ3) is 14.2. The maximum absolute atomic E-state index is 14.8. The van der Waals surface area contributed by atoms with Crippen LogP contribution in [0.25, 0.3) is 0 Å². The summed E-state index contributed by atoms with van der Waals surface area (Å²) in [5.41, 5.74) is -13.5. The third-order valence-corrected chi connectivity index (χ3v) is 8.93. The lowest BCUT2D eigenvalue weighted by molar-refractivity contribution is -0.902. The van der Waals surface area contributed by atoms with Gasteiger partial charge in [0.1, 0.15) is 23.3 Å². The fraction of sp³-hybridized carbons (Fsp3) is 0.514. The fourth-order valence-corrected chi connectivity index (χ4v) is 6.07. The van der Waals surface area contributed by atoms with Crippen LogP contribution in [0.1, 0.15) is 103 Å². The van der Waals surface area contributed by atoms with Crippen molar-refractivity contribution < 1.29 is 97.5 Å². The molecule has 1 atom stereocenters. The lowest BCUT2D eigenvalue weighted by Crippen LogP contribution is -2.42. The number of unbranched alkanes of at least 4 members (excludes halogenated alkanes) is 6. The first-order valence-electron chi connectivity index (χ1n) is 17.8. The number of benzene rings is 3. The van der Waals surface area contributed by atoms with Crippen molar-refractivity contribution in [3.05, 3.63) is 87.5 Å². The molecule has 336 valence electrons. The van der Waals surface area contributed by atoms with Gasteiger partial charge >= 0.3 is 44.4 Å². The second-order valence-corrected chi connectivity index (χ2v) is 14.6. The van der Waals surface area contributed by atoms with Gasteiger partial charge in [0.15, 0.2) is 0 Å². The van der Waals surface area contributed by atoms with Gasteiger partial charge in [0.2, 0.25) is 0 Å². The Morgan fingerprint density at radius 1 is 0.450 bits per heavy atom. The molecular weight excluding hydrogens is 859 g/mol. The zero-order valence-corrected chi connectivity index (χ0v) is 31.9. The van der Waals surface area contributed by atoms with E-state index in [1.165, 1.54) is 21.1 Å². The van der Waals surface area contributed by atoms with Crippen molar-refractivity contribution in [3.63, 3.8) is 0 Å². The Bertz CT molecular complexity index is 1750. The van der Waals surface area contributed by atoms with Crippen molar-refractivity contribution in [2.75, 3.05) is 21.1 Å². The summed E-state index contributed by atoms with van der Waals surface area (Å²) >= 11 is 0. The summed E-state index contributed by atoms with van der Waals surface area (Å²) in [6.07, 6.45) is -29.2. The molecule has 1 unspecified atom stereocenters. The molecule has 0 amide bonds. The summed E-state index contributed by atoms with van der Waals surface area (Å²) in [6.45, 7) is 1.95. The molecule has 0 aliphatic rings. The first-order chi connectivity index (χ1) is 27.1. The van der Waals surface area contributed by atoms with Gasteiger partial charge in [-0.15, -0.1) is 0 Å². The molecule has 0 spiro atoms. The molecule has 0 saturated carbocycles. The Morgan fingerprint density at radius 2 is 0.800 bits per heavy atom. The summed E-state index contributed by atoms with van der Waals surface area (Å²) in [4.78, 5) is 0. The molecule has 3 aromatic carbocycles. The van der Waals surface area contributed by atoms with Crippen LogP contribution in [0, 0.1) is 0 Å². The Kier molecular flexibility index (Phi) is 15.4. The summed E-state index contributed by atoms with van der Waals surface area (Å²) in [7, 11) is 0.732. The van der Waals surface area contributed by atoms with Crippen LogP contribution in [0.4, 0.5) is 79.0 Å². The maximum atomic E-state index is 14.8. The highest BCUT2D eigenvalue weighted by Crippen LogP contribution is 2.48. The standard InChI is InChI=1S/C37H37BF18NO3/c1-5-6-7-8-9-10-11-12-29(57(2,3)4)31-28(37(54,55)56)19-25(36(51,52)53)20-30(31)60-38(58-26-15-21(32(39,40)41)13-22(16-26)33(42,43)44)59-27-17-23(34(45,46)47)14-24(18-27)35(48,49)50/h13-20,29H,5-12H2,1-4H3/q+1. The smallest absolute Gasteiger partial charge is 0.490 e. The molecule has 0 bridgehead atoms. The lowest BCUT2D eigenvalue weighted by atomic mass is 9.90. The number of hydrogen-bond donors (Lipinski definition) is 0. The number of hydrogen-bond acceptors (Lipinski definition) is 3. The molecule has 60 heavy (non-hydrogen) atoms. The average Bonchev–Trinajstić information content (AvgIpc) is 3.06. The molecule has 0 N–H and O–H groups in total. The van der Waals surface area contributed by atoms with Crippen molar-refractivity contribution in [1.29, 1.82) is 0 Å². The van der Waals surface area contributed by atoms with E-state index < -0.39 is 123 Å². The van der Waals surface area contributed by atoms with Gasteiger partial charge in [-0.3, -0.25) is 0 Å². The predicted molar refractivity (Wildman–Crippen MR) is 180 cm³/mol. The first kappa shape index (κ1) is 50.2. The van der Waals surface area contributed by atoms with Crippen LogP contribution in [0.2, 0.25) is 0 Å². The second kappa shape index (κ2) is 18.4. The van der Waals surface area contributed by atoms with Gasteiger partial charge in [-0.05, 0) is 55.0 Å². The molecule has 3 aromatic rings. The molecule has 0 heterocycles. The Labute approximate surface area is 332 Å². The van der Waals surface area contributed by atoms with Crippen molar-refractivity contribution in [2.45, 2.75) is 101 Å². The van der Waals surface area contributed by atoms with Crippen LogP contribution in [-0.2, 0) is 37.1 Å². The number of rotatable bonds is 16. The molecule has 0 saturated heterocycles. The monoisotopic (exact) mass is 896 g/mol. The SMILES string of the molecule is CCCCCCCCCC(c1c(OB(Oc2cc(C(F)(F)F)cc(C(F)(F)F)c2)Oc2cc(C(F)(F)F)cc(C(F)(F)F)c2)cc(C(F)(F)F)cc1C(F)(F)F)[N+](C)(C)C. The summed E-state index contributed by atoms with van der Waals surface area (Å²) in [6, 6.07) is -3.28. The first-order valence-corrected chi connectivity index (χ1v) is 17.8. The van der Waals surface area contributed by atoms with Crippen LogP contribution in [0.5, 0.6) is 17.2 Å². The van der Waals surface area contributed by atoms with E-state index in [1.54, 1.807) is 0 Å². The van der Waals surface area contributed by atoms with Gasteiger partial charge in [0, 0.05) is 6.42 Å². The third-order valence-electron chi connectivity index (χ3n) is 8.93. The minimum atomic E-state index is -5.63. The molecule has 0 aliphatic heterocycles. The number of halogens is 18. The van der Waals surface area contributed by atoms with E-state index in [-0.39, 0.29) is 49.2 Å². The van der Waals surface area contributed by atoms with Crippen LogP contribution >= 0.6 is 0 Å². The summed E-state index contributed by atoms with van der Waals surface area (Å²) in [5, 5.41) is 0. The Balaban J connectivity index is 2.40. The van der Waals surface area contributed by atoms with Gasteiger partial charge in [0.25, 0.3) is 0 Å². The average molecular weight is 896 g/mol. The minimum Gasteiger partial charge on any atom is -0.490 e. The molecule has 0 aromatic heterocycles. The molecule has 3 rings (SSSR count).